The molecule has 1 aromatic carbocycles. The maximum atomic E-state index is 3.81. The smallest absolute Gasteiger partial charge is 0.205 e. The Morgan fingerprint density at radius 2 is 0.972 bits per heavy atom. The van der Waals surface area contributed by atoms with E-state index >= 15 is 0 Å². The first-order valence-electron chi connectivity index (χ1n) is 12.4. The van der Waals surface area contributed by atoms with Gasteiger partial charge in [-0.3, -0.25) is 13.4 Å². The fourth-order valence-electron chi connectivity index (χ4n) is 4.85. The van der Waals surface area contributed by atoms with Crippen LogP contribution in [0.5, 0.6) is 0 Å². The number of benzene rings is 1. The van der Waals surface area contributed by atoms with Crippen molar-refractivity contribution in [1.29, 1.82) is 0 Å². The molecule has 0 bridgehead atoms. The Morgan fingerprint density at radius 1 is 0.528 bits per heavy atom. The van der Waals surface area contributed by atoms with Crippen LogP contribution in [0.3, 0.4) is 0 Å². The van der Waals surface area contributed by atoms with Gasteiger partial charge in [0.15, 0.2) is 0 Å². The van der Waals surface area contributed by atoms with Crippen molar-refractivity contribution in [1.82, 2.24) is 33.4 Å². The second kappa shape index (κ2) is 7.77. The van der Waals surface area contributed by atoms with Crippen molar-refractivity contribution in [2.75, 3.05) is 75.8 Å². The summed E-state index contributed by atoms with van der Waals surface area (Å²) in [4.78, 5) is 14.9. The second-order valence-corrected chi connectivity index (χ2v) is 12.5. The minimum absolute atomic E-state index is 0.701. The van der Waals surface area contributed by atoms with Gasteiger partial charge in [-0.1, -0.05) is 0 Å². The zero-order chi connectivity index (χ0) is 26.2. The number of aromatic amines is 4. The zero-order valence-electron chi connectivity index (χ0n) is 23.3. The van der Waals surface area contributed by atoms with Crippen molar-refractivity contribution >= 4 is 45.1 Å². The Labute approximate surface area is 213 Å². The third kappa shape index (κ3) is 3.91. The lowest BCUT2D eigenvalue weighted by Gasteiger charge is -2.21. The molecule has 8 nitrogen and oxygen atoms in total. The van der Waals surface area contributed by atoms with E-state index in [9.17, 15) is 0 Å². The Morgan fingerprint density at radius 3 is 1.39 bits per heavy atom. The normalized spacial score (nSPS) is 13.3. The number of nitrogens with zero attached hydrogens (tertiary/aromatic N) is 3. The van der Waals surface area contributed by atoms with E-state index in [-0.39, 0.29) is 0 Å². The molecule has 0 amide bonds. The molecule has 8 heteroatoms. The molecular weight excluding hydrogens is 448 g/mol. The van der Waals surface area contributed by atoms with Gasteiger partial charge < -0.3 is 25.3 Å². The van der Waals surface area contributed by atoms with Crippen LogP contribution in [-0.2, 0) is 0 Å². The SMILES string of the molecule is CNc1cc2c(-c3ccc([N+](C)(C)C)[nH]3)c3[nH]c([N+](C)(C)C)cc3c(-c3ccc([N+](C)(C)C)[nH]3)c2[nH]1. The second-order valence-electron chi connectivity index (χ2n) is 12.5. The molecule has 4 aromatic heterocycles. The lowest BCUT2D eigenvalue weighted by molar-refractivity contribution is 0.475. The molecule has 5 rings (SSSR count). The highest BCUT2D eigenvalue weighted by Gasteiger charge is 2.27. The third-order valence-electron chi connectivity index (χ3n) is 6.98. The molecule has 0 spiro atoms. The molecule has 190 valence electrons. The lowest BCUT2D eigenvalue weighted by Crippen LogP contribution is -2.35. The summed E-state index contributed by atoms with van der Waals surface area (Å²) in [5, 5.41) is 5.69. The Kier molecular flexibility index (Phi) is 5.23. The number of aromatic nitrogens is 4. The van der Waals surface area contributed by atoms with Crippen molar-refractivity contribution in [3.05, 3.63) is 36.4 Å². The summed E-state index contributed by atoms with van der Waals surface area (Å²) in [6, 6.07) is 13.3. The molecule has 0 saturated carbocycles. The van der Waals surface area contributed by atoms with E-state index in [0.29, 0.717) is 4.48 Å². The van der Waals surface area contributed by atoms with Crippen LogP contribution in [0.25, 0.3) is 44.3 Å². The van der Waals surface area contributed by atoms with Crippen molar-refractivity contribution in [3.8, 4) is 22.5 Å². The van der Waals surface area contributed by atoms with Gasteiger partial charge in [-0.05, 0) is 18.2 Å². The van der Waals surface area contributed by atoms with Crippen molar-refractivity contribution in [3.63, 3.8) is 0 Å². The molecule has 0 aliphatic carbocycles. The number of hydrogen-bond donors (Lipinski definition) is 5. The van der Waals surface area contributed by atoms with E-state index in [2.05, 4.69) is 125 Å². The molecule has 0 aliphatic rings. The van der Waals surface area contributed by atoms with Gasteiger partial charge >= 0.3 is 0 Å². The van der Waals surface area contributed by atoms with E-state index < -0.39 is 0 Å². The molecule has 0 saturated heterocycles. The van der Waals surface area contributed by atoms with E-state index in [1.807, 2.05) is 7.05 Å². The van der Waals surface area contributed by atoms with Crippen molar-refractivity contribution in [2.45, 2.75) is 0 Å². The lowest BCUT2D eigenvalue weighted by atomic mass is 9.97. The summed E-state index contributed by atoms with van der Waals surface area (Å²) in [6.45, 7) is 0. The monoisotopic (exact) mass is 489 g/mol. The van der Waals surface area contributed by atoms with Gasteiger partial charge in [-0.2, -0.15) is 0 Å². The van der Waals surface area contributed by atoms with Gasteiger partial charge in [-0.25, -0.2) is 0 Å². The van der Waals surface area contributed by atoms with Crippen LogP contribution in [0.4, 0.5) is 23.3 Å². The van der Waals surface area contributed by atoms with Gasteiger partial charge in [0.2, 0.25) is 17.5 Å². The molecule has 0 unspecified atom stereocenters. The summed E-state index contributed by atoms with van der Waals surface area (Å²) < 4.78 is 2.15. The van der Waals surface area contributed by atoms with Crippen LogP contribution in [0.2, 0.25) is 0 Å². The predicted molar refractivity (Wildman–Crippen MR) is 158 cm³/mol. The Bertz CT molecular complexity index is 1460. The van der Waals surface area contributed by atoms with Gasteiger partial charge in [0.05, 0.1) is 85.9 Å². The minimum Gasteiger partial charge on any atom is -0.375 e. The van der Waals surface area contributed by atoms with E-state index in [0.717, 1.165) is 54.7 Å². The standard InChI is InChI=1S/C28H41N8/c1-29-21-15-17-25(19-11-13-22(30-19)34(2,3)4)28-18(16-24(33-28)36(8,9)10)26(27(17)32-21)20-12-14-23(31-20)35(5,6)7/h11-16,29-33H,1-10H3/q+3. The average molecular weight is 490 g/mol. The molecule has 0 aliphatic heterocycles. The number of nitrogens with one attached hydrogen (secondary N) is 5. The van der Waals surface area contributed by atoms with Crippen LogP contribution in [0.1, 0.15) is 0 Å². The number of hydrogen-bond acceptors (Lipinski definition) is 1. The zero-order valence-corrected chi connectivity index (χ0v) is 23.3. The fraction of sp³-hybridized carbons (Fsp3) is 0.357. The number of anilines is 1. The molecule has 0 radical (unpaired) electrons. The van der Waals surface area contributed by atoms with E-state index in [4.69, 9.17) is 0 Å². The van der Waals surface area contributed by atoms with Crippen LogP contribution in [0, 0.1) is 0 Å². The third-order valence-corrected chi connectivity index (χ3v) is 6.98. The number of quaternary nitrogens is 3. The highest BCUT2D eigenvalue weighted by atomic mass is 15.3. The van der Waals surface area contributed by atoms with Crippen LogP contribution in [0.15, 0.2) is 36.4 Å². The van der Waals surface area contributed by atoms with Gasteiger partial charge in [-0.15, -0.1) is 0 Å². The molecule has 0 fully saturated rings. The maximum Gasteiger partial charge on any atom is 0.205 e. The minimum atomic E-state index is 0.701. The van der Waals surface area contributed by atoms with Gasteiger partial charge in [0.1, 0.15) is 5.82 Å². The highest BCUT2D eigenvalue weighted by Crippen LogP contribution is 2.46. The molecule has 4 heterocycles. The molecule has 5 aromatic rings. The summed E-state index contributed by atoms with van der Waals surface area (Å²) in [6.07, 6.45) is 0. The quantitative estimate of drug-likeness (QED) is 0.207. The molecule has 36 heavy (non-hydrogen) atoms. The first-order valence-corrected chi connectivity index (χ1v) is 12.4. The molecular formula is C28H41N8+3. The maximum absolute atomic E-state index is 3.81. The van der Waals surface area contributed by atoms with Crippen LogP contribution >= 0.6 is 0 Å². The Balaban J connectivity index is 1.91. The van der Waals surface area contributed by atoms with Crippen molar-refractivity contribution in [2.24, 2.45) is 0 Å². The summed E-state index contributed by atoms with van der Waals surface area (Å²) in [5.74, 6) is 4.47. The van der Waals surface area contributed by atoms with E-state index in [1.54, 1.807) is 0 Å². The highest BCUT2D eigenvalue weighted by molar-refractivity contribution is 6.20. The van der Waals surface area contributed by atoms with Gasteiger partial charge in [0.25, 0.3) is 0 Å². The summed E-state index contributed by atoms with van der Waals surface area (Å²) in [7, 11) is 21.6. The summed E-state index contributed by atoms with van der Waals surface area (Å²) >= 11 is 0. The van der Waals surface area contributed by atoms with Crippen molar-refractivity contribution < 1.29 is 0 Å². The van der Waals surface area contributed by atoms with Gasteiger partial charge in [0, 0.05) is 47.1 Å². The predicted octanol–water partition coefficient (Wildman–Crippen LogP) is 5.27. The number of fused-ring (bicyclic) bond motifs is 2. The van der Waals surface area contributed by atoms with E-state index in [1.165, 1.54) is 21.9 Å². The fourth-order valence-corrected chi connectivity index (χ4v) is 4.85. The number of H-pyrrole nitrogens is 4. The molecule has 5 N–H and O–H groups in total. The average Bonchev–Trinajstić information content (AvgIpc) is 3.55. The summed E-state index contributed by atoms with van der Waals surface area (Å²) in [5.41, 5.74) is 6.83. The first-order chi connectivity index (χ1) is 16.7. The van der Waals surface area contributed by atoms with Crippen LogP contribution < -0.4 is 18.8 Å². The topological polar surface area (TPSA) is 75.2 Å². The van der Waals surface area contributed by atoms with Crippen LogP contribution in [-0.4, -0.2) is 90.4 Å². The number of rotatable bonds is 6. The Hall–Kier alpha value is -3.46. The first kappa shape index (κ1) is 24.2. The largest absolute Gasteiger partial charge is 0.375 e. The molecule has 0 atom stereocenters.